The number of hydrogen-bond acceptors (Lipinski definition) is 1. The predicted octanol–water partition coefficient (Wildman–Crippen LogP) is 3.09. The fourth-order valence-corrected chi connectivity index (χ4v) is 1.92. The summed E-state index contributed by atoms with van der Waals surface area (Å²) < 4.78 is 1.38. The fraction of sp³-hybridized carbons (Fsp3) is 0.500. The Morgan fingerprint density at radius 2 is 2.00 bits per heavy atom. The van der Waals surface area contributed by atoms with E-state index in [-0.39, 0.29) is 0 Å². The maximum Gasteiger partial charge on any atom is 0.0163 e. The molecule has 0 bridgehead atoms. The van der Waals surface area contributed by atoms with Crippen molar-refractivity contribution in [3.05, 3.63) is 32.9 Å². The van der Waals surface area contributed by atoms with Crippen molar-refractivity contribution in [2.24, 2.45) is 0 Å². The summed E-state index contributed by atoms with van der Waals surface area (Å²) in [5.41, 5.74) is 2.82. The van der Waals surface area contributed by atoms with Crippen molar-refractivity contribution >= 4 is 22.6 Å². The van der Waals surface area contributed by atoms with Gasteiger partial charge in [-0.25, -0.2) is 0 Å². The average Bonchev–Trinajstić information content (AvgIpc) is 2.11. The van der Waals surface area contributed by atoms with E-state index in [1.807, 2.05) is 0 Å². The molecule has 0 saturated carbocycles. The maximum atomic E-state index is 2.42. The SMILES string of the molecule is Cc1ccc(I)c(C[C@@H](C)N(C)C)c1. The highest BCUT2D eigenvalue weighted by Crippen LogP contribution is 2.16. The first-order valence-electron chi connectivity index (χ1n) is 4.92. The van der Waals surface area contributed by atoms with Gasteiger partial charge in [0.1, 0.15) is 0 Å². The van der Waals surface area contributed by atoms with Gasteiger partial charge >= 0.3 is 0 Å². The Hall–Kier alpha value is -0.0900. The average molecular weight is 303 g/mol. The molecule has 1 nitrogen and oxygen atoms in total. The minimum absolute atomic E-state index is 0.602. The molecule has 14 heavy (non-hydrogen) atoms. The van der Waals surface area contributed by atoms with Crippen LogP contribution < -0.4 is 0 Å². The Balaban J connectivity index is 2.80. The van der Waals surface area contributed by atoms with Crippen LogP contribution in [0, 0.1) is 10.5 Å². The summed E-state index contributed by atoms with van der Waals surface area (Å²) in [5.74, 6) is 0. The van der Waals surface area contributed by atoms with Crippen molar-refractivity contribution in [1.82, 2.24) is 4.90 Å². The number of hydrogen-bond donors (Lipinski definition) is 0. The summed E-state index contributed by atoms with van der Waals surface area (Å²) in [6.07, 6.45) is 1.13. The van der Waals surface area contributed by atoms with Crippen LogP contribution in [0.25, 0.3) is 0 Å². The molecule has 1 aromatic carbocycles. The molecule has 0 N–H and O–H groups in total. The van der Waals surface area contributed by atoms with Gasteiger partial charge in [-0.05, 0) is 68.6 Å². The molecule has 1 aromatic rings. The topological polar surface area (TPSA) is 3.24 Å². The van der Waals surface area contributed by atoms with Crippen LogP contribution in [0.4, 0.5) is 0 Å². The van der Waals surface area contributed by atoms with Crippen LogP contribution in [0.1, 0.15) is 18.1 Å². The number of likely N-dealkylation sites (N-methyl/N-ethyl adjacent to an activating group) is 1. The third-order valence-corrected chi connectivity index (χ3v) is 3.65. The van der Waals surface area contributed by atoms with Crippen LogP contribution in [-0.4, -0.2) is 25.0 Å². The highest BCUT2D eigenvalue weighted by molar-refractivity contribution is 14.1. The summed E-state index contributed by atoms with van der Waals surface area (Å²) in [6.45, 7) is 4.42. The molecule has 0 spiro atoms. The van der Waals surface area contributed by atoms with E-state index < -0.39 is 0 Å². The normalized spacial score (nSPS) is 13.3. The Kier molecular flexibility index (Phi) is 4.38. The van der Waals surface area contributed by atoms with Crippen molar-refractivity contribution in [1.29, 1.82) is 0 Å². The molecule has 0 heterocycles. The number of rotatable bonds is 3. The molecule has 0 amide bonds. The molecule has 0 aliphatic carbocycles. The summed E-state index contributed by atoms with van der Waals surface area (Å²) in [5, 5.41) is 0. The molecular formula is C12H18IN. The van der Waals surface area contributed by atoms with E-state index in [2.05, 4.69) is 73.6 Å². The van der Waals surface area contributed by atoms with E-state index in [1.165, 1.54) is 14.7 Å². The highest BCUT2D eigenvalue weighted by atomic mass is 127. The monoisotopic (exact) mass is 303 g/mol. The summed E-state index contributed by atoms with van der Waals surface area (Å²) in [4.78, 5) is 2.26. The van der Waals surface area contributed by atoms with Gasteiger partial charge in [-0.1, -0.05) is 17.7 Å². The molecule has 78 valence electrons. The zero-order valence-electron chi connectivity index (χ0n) is 9.34. The lowest BCUT2D eigenvalue weighted by Gasteiger charge is -2.20. The molecule has 0 aliphatic heterocycles. The van der Waals surface area contributed by atoms with Crippen molar-refractivity contribution in [2.45, 2.75) is 26.3 Å². The first-order valence-corrected chi connectivity index (χ1v) is 6.00. The Morgan fingerprint density at radius 3 is 2.57 bits per heavy atom. The Morgan fingerprint density at radius 1 is 1.36 bits per heavy atom. The number of nitrogens with zero attached hydrogens (tertiary/aromatic N) is 1. The van der Waals surface area contributed by atoms with Gasteiger partial charge in [0.25, 0.3) is 0 Å². The van der Waals surface area contributed by atoms with Gasteiger partial charge in [-0.15, -0.1) is 0 Å². The van der Waals surface area contributed by atoms with Crippen molar-refractivity contribution < 1.29 is 0 Å². The van der Waals surface area contributed by atoms with Crippen LogP contribution in [0.3, 0.4) is 0 Å². The molecule has 0 unspecified atom stereocenters. The van der Waals surface area contributed by atoms with E-state index in [0.717, 1.165) is 6.42 Å². The summed E-state index contributed by atoms with van der Waals surface area (Å²) in [7, 11) is 4.26. The van der Waals surface area contributed by atoms with Gasteiger partial charge in [0.05, 0.1) is 0 Å². The molecular weight excluding hydrogens is 285 g/mol. The molecule has 0 radical (unpaired) electrons. The van der Waals surface area contributed by atoms with Crippen LogP contribution in [-0.2, 0) is 6.42 Å². The molecule has 0 aromatic heterocycles. The van der Waals surface area contributed by atoms with Gasteiger partial charge in [0.15, 0.2) is 0 Å². The summed E-state index contributed by atoms with van der Waals surface area (Å²) in [6, 6.07) is 7.27. The highest BCUT2D eigenvalue weighted by Gasteiger charge is 2.08. The second-order valence-electron chi connectivity index (χ2n) is 4.11. The molecule has 0 fully saturated rings. The second kappa shape index (κ2) is 5.12. The lowest BCUT2D eigenvalue weighted by atomic mass is 10.0. The maximum absolute atomic E-state index is 2.42. The van der Waals surface area contributed by atoms with Gasteiger partial charge in [0, 0.05) is 9.61 Å². The smallest absolute Gasteiger partial charge is 0.0163 e. The van der Waals surface area contributed by atoms with E-state index >= 15 is 0 Å². The standard InChI is InChI=1S/C12H18IN/c1-9-5-6-12(13)11(7-9)8-10(2)14(3)4/h5-7,10H,8H2,1-4H3/t10-/m1/s1. The Bertz CT molecular complexity index is 307. The van der Waals surface area contributed by atoms with Gasteiger partial charge in [-0.2, -0.15) is 0 Å². The minimum atomic E-state index is 0.602. The zero-order valence-corrected chi connectivity index (χ0v) is 11.5. The lowest BCUT2D eigenvalue weighted by Crippen LogP contribution is -2.26. The zero-order chi connectivity index (χ0) is 10.7. The quantitative estimate of drug-likeness (QED) is 0.776. The number of benzene rings is 1. The van der Waals surface area contributed by atoms with E-state index in [9.17, 15) is 0 Å². The number of aryl methyl sites for hydroxylation is 1. The third kappa shape index (κ3) is 3.24. The van der Waals surface area contributed by atoms with Crippen LogP contribution in [0.5, 0.6) is 0 Å². The minimum Gasteiger partial charge on any atom is -0.306 e. The van der Waals surface area contributed by atoms with E-state index in [1.54, 1.807) is 0 Å². The van der Waals surface area contributed by atoms with Crippen molar-refractivity contribution in [3.8, 4) is 0 Å². The largest absolute Gasteiger partial charge is 0.306 e. The summed E-state index contributed by atoms with van der Waals surface area (Å²) >= 11 is 2.42. The third-order valence-electron chi connectivity index (χ3n) is 2.60. The van der Waals surface area contributed by atoms with Crippen LogP contribution >= 0.6 is 22.6 Å². The van der Waals surface area contributed by atoms with Crippen LogP contribution in [0.15, 0.2) is 18.2 Å². The van der Waals surface area contributed by atoms with Crippen molar-refractivity contribution in [3.63, 3.8) is 0 Å². The number of halogens is 1. The fourth-order valence-electron chi connectivity index (χ4n) is 1.36. The van der Waals surface area contributed by atoms with Gasteiger partial charge in [0.2, 0.25) is 0 Å². The molecule has 0 aliphatic rings. The molecule has 0 saturated heterocycles. The van der Waals surface area contributed by atoms with Gasteiger partial charge in [-0.3, -0.25) is 0 Å². The second-order valence-corrected chi connectivity index (χ2v) is 5.27. The van der Waals surface area contributed by atoms with Crippen molar-refractivity contribution in [2.75, 3.05) is 14.1 Å². The van der Waals surface area contributed by atoms with E-state index in [4.69, 9.17) is 0 Å². The Labute approximate surface area is 101 Å². The molecule has 1 rings (SSSR count). The predicted molar refractivity (Wildman–Crippen MR) is 70.7 cm³/mol. The lowest BCUT2D eigenvalue weighted by molar-refractivity contribution is 0.312. The van der Waals surface area contributed by atoms with E-state index in [0.29, 0.717) is 6.04 Å². The molecule has 1 atom stereocenters. The first-order chi connectivity index (χ1) is 6.50. The first kappa shape index (κ1) is 12.0. The van der Waals surface area contributed by atoms with Crippen LogP contribution in [0.2, 0.25) is 0 Å². The molecule has 2 heteroatoms. The van der Waals surface area contributed by atoms with Gasteiger partial charge < -0.3 is 4.90 Å².